The van der Waals surface area contributed by atoms with Gasteiger partial charge in [-0.15, -0.1) is 0 Å². The highest BCUT2D eigenvalue weighted by atomic mass is 19.1. The molecule has 1 unspecified atom stereocenters. The number of fused-ring (bicyclic) bond motifs is 1. The van der Waals surface area contributed by atoms with Crippen LogP contribution in [0, 0.1) is 5.82 Å². The van der Waals surface area contributed by atoms with Crippen LogP contribution in [0.3, 0.4) is 0 Å². The summed E-state index contributed by atoms with van der Waals surface area (Å²) < 4.78 is 19.3. The van der Waals surface area contributed by atoms with Gasteiger partial charge in [-0.05, 0) is 42.0 Å². The Morgan fingerprint density at radius 2 is 1.95 bits per heavy atom. The van der Waals surface area contributed by atoms with Crippen LogP contribution in [0.2, 0.25) is 0 Å². The predicted molar refractivity (Wildman–Crippen MR) is 77.4 cm³/mol. The maximum Gasteiger partial charge on any atom is 0.170 e. The van der Waals surface area contributed by atoms with Gasteiger partial charge in [-0.25, -0.2) is 4.39 Å². The van der Waals surface area contributed by atoms with Gasteiger partial charge in [0.05, 0.1) is 13.2 Å². The number of ether oxygens (including phenoxy) is 1. The molecule has 1 aliphatic rings. The van der Waals surface area contributed by atoms with Crippen LogP contribution in [-0.4, -0.2) is 7.11 Å². The summed E-state index contributed by atoms with van der Waals surface area (Å²) in [5.41, 5.74) is 10.4. The Kier molecular flexibility index (Phi) is 3.45. The van der Waals surface area contributed by atoms with Crippen LogP contribution in [0.1, 0.15) is 34.7 Å². The van der Waals surface area contributed by atoms with E-state index in [-0.39, 0.29) is 11.6 Å². The molecule has 3 rings (SSSR count). The van der Waals surface area contributed by atoms with Gasteiger partial charge in [0.1, 0.15) is 0 Å². The highest BCUT2D eigenvalue weighted by molar-refractivity contribution is 5.42. The molecule has 2 nitrogen and oxygen atoms in total. The van der Waals surface area contributed by atoms with E-state index in [1.165, 1.54) is 24.7 Å². The highest BCUT2D eigenvalue weighted by Gasteiger charge is 2.19. The van der Waals surface area contributed by atoms with Gasteiger partial charge in [0.2, 0.25) is 0 Å². The van der Waals surface area contributed by atoms with E-state index in [1.54, 1.807) is 18.2 Å². The molecular formula is C17H18FNO. The standard InChI is InChI=1S/C17H18FNO/c1-20-15-7-3-6-14(16(15)18)17(19)13-9-8-11-4-2-5-12(11)10-13/h3,6-10,17H,2,4-5,19H2,1H3. The van der Waals surface area contributed by atoms with E-state index >= 15 is 0 Å². The van der Waals surface area contributed by atoms with Gasteiger partial charge in [-0.1, -0.05) is 30.3 Å². The summed E-state index contributed by atoms with van der Waals surface area (Å²) in [6.07, 6.45) is 3.43. The Hall–Kier alpha value is -1.87. The van der Waals surface area contributed by atoms with Crippen LogP contribution in [-0.2, 0) is 12.8 Å². The first-order chi connectivity index (χ1) is 9.70. The largest absolute Gasteiger partial charge is 0.494 e. The van der Waals surface area contributed by atoms with Crippen LogP contribution in [0.25, 0.3) is 0 Å². The lowest BCUT2D eigenvalue weighted by molar-refractivity contribution is 0.383. The molecule has 2 aromatic rings. The molecule has 0 amide bonds. The fourth-order valence-corrected chi connectivity index (χ4v) is 2.89. The number of nitrogens with two attached hydrogens (primary N) is 1. The summed E-state index contributed by atoms with van der Waals surface area (Å²) in [6, 6.07) is 10.9. The normalized spacial score (nSPS) is 14.9. The van der Waals surface area contributed by atoms with E-state index < -0.39 is 6.04 Å². The van der Waals surface area contributed by atoms with Gasteiger partial charge in [0, 0.05) is 5.56 Å². The van der Waals surface area contributed by atoms with Crippen LogP contribution < -0.4 is 10.5 Å². The van der Waals surface area contributed by atoms with Crippen LogP contribution in [0.15, 0.2) is 36.4 Å². The molecule has 0 radical (unpaired) electrons. The fraction of sp³-hybridized carbons (Fsp3) is 0.294. The molecule has 0 spiro atoms. The molecule has 0 heterocycles. The third-order valence-electron chi connectivity index (χ3n) is 4.03. The first kappa shape index (κ1) is 13.1. The third kappa shape index (κ3) is 2.18. The Labute approximate surface area is 118 Å². The molecular weight excluding hydrogens is 253 g/mol. The molecule has 0 fully saturated rings. The second-order valence-corrected chi connectivity index (χ2v) is 5.22. The zero-order valence-corrected chi connectivity index (χ0v) is 11.5. The average molecular weight is 271 g/mol. The van der Waals surface area contributed by atoms with Crippen molar-refractivity contribution in [1.82, 2.24) is 0 Å². The van der Waals surface area contributed by atoms with E-state index in [4.69, 9.17) is 10.5 Å². The minimum atomic E-state index is -0.462. The molecule has 0 aromatic heterocycles. The van der Waals surface area contributed by atoms with E-state index in [9.17, 15) is 4.39 Å². The summed E-state index contributed by atoms with van der Waals surface area (Å²) in [6.45, 7) is 0. The van der Waals surface area contributed by atoms with Crippen molar-refractivity contribution in [2.75, 3.05) is 7.11 Å². The number of benzene rings is 2. The first-order valence-electron chi connectivity index (χ1n) is 6.90. The van der Waals surface area contributed by atoms with Crippen molar-refractivity contribution in [2.24, 2.45) is 5.73 Å². The minimum absolute atomic E-state index is 0.235. The summed E-state index contributed by atoms with van der Waals surface area (Å²) in [5, 5.41) is 0. The molecule has 0 saturated carbocycles. The van der Waals surface area contributed by atoms with Crippen molar-refractivity contribution in [3.05, 3.63) is 64.5 Å². The van der Waals surface area contributed by atoms with Crippen molar-refractivity contribution in [3.8, 4) is 5.75 Å². The molecule has 0 saturated heterocycles. The Bertz CT molecular complexity index is 639. The molecule has 2 N–H and O–H groups in total. The quantitative estimate of drug-likeness (QED) is 0.929. The number of hydrogen-bond acceptors (Lipinski definition) is 2. The first-order valence-corrected chi connectivity index (χ1v) is 6.90. The van der Waals surface area contributed by atoms with Crippen molar-refractivity contribution in [3.63, 3.8) is 0 Å². The molecule has 1 aliphatic carbocycles. The lowest BCUT2D eigenvalue weighted by Crippen LogP contribution is -2.14. The SMILES string of the molecule is COc1cccc(C(N)c2ccc3c(c2)CCC3)c1F. The van der Waals surface area contributed by atoms with Gasteiger partial charge in [-0.2, -0.15) is 0 Å². The van der Waals surface area contributed by atoms with Crippen LogP contribution >= 0.6 is 0 Å². The Balaban J connectivity index is 1.98. The second-order valence-electron chi connectivity index (χ2n) is 5.22. The predicted octanol–water partition coefficient (Wildman–Crippen LogP) is 3.37. The zero-order chi connectivity index (χ0) is 14.1. The van der Waals surface area contributed by atoms with Crippen molar-refractivity contribution in [1.29, 1.82) is 0 Å². The molecule has 0 aliphatic heterocycles. The second kappa shape index (κ2) is 5.25. The minimum Gasteiger partial charge on any atom is -0.494 e. The smallest absolute Gasteiger partial charge is 0.170 e. The summed E-state index contributed by atoms with van der Waals surface area (Å²) in [4.78, 5) is 0. The van der Waals surface area contributed by atoms with Crippen molar-refractivity contribution < 1.29 is 9.13 Å². The summed E-state index contributed by atoms with van der Waals surface area (Å²) in [5.74, 6) is -0.137. The number of methoxy groups -OCH3 is 1. The lowest BCUT2D eigenvalue weighted by atomic mass is 9.96. The Morgan fingerprint density at radius 1 is 1.15 bits per heavy atom. The third-order valence-corrected chi connectivity index (χ3v) is 4.03. The topological polar surface area (TPSA) is 35.2 Å². The van der Waals surface area contributed by atoms with E-state index in [0.29, 0.717) is 5.56 Å². The maximum absolute atomic E-state index is 14.3. The van der Waals surface area contributed by atoms with Gasteiger partial charge in [0.25, 0.3) is 0 Å². The lowest BCUT2D eigenvalue weighted by Gasteiger charge is -2.16. The molecule has 0 bridgehead atoms. The van der Waals surface area contributed by atoms with Gasteiger partial charge >= 0.3 is 0 Å². The van der Waals surface area contributed by atoms with Gasteiger partial charge < -0.3 is 10.5 Å². The molecule has 1 atom stereocenters. The summed E-state index contributed by atoms with van der Waals surface area (Å²) >= 11 is 0. The number of rotatable bonds is 3. The van der Waals surface area contributed by atoms with E-state index in [2.05, 4.69) is 12.1 Å². The number of hydrogen-bond donors (Lipinski definition) is 1. The molecule has 104 valence electrons. The van der Waals surface area contributed by atoms with Gasteiger partial charge in [0.15, 0.2) is 11.6 Å². The van der Waals surface area contributed by atoms with E-state index in [1.807, 2.05) is 6.07 Å². The Morgan fingerprint density at radius 3 is 2.75 bits per heavy atom. The van der Waals surface area contributed by atoms with Crippen LogP contribution in [0.4, 0.5) is 4.39 Å². The molecule has 2 aromatic carbocycles. The molecule has 3 heteroatoms. The molecule has 20 heavy (non-hydrogen) atoms. The van der Waals surface area contributed by atoms with Crippen LogP contribution in [0.5, 0.6) is 5.75 Å². The zero-order valence-electron chi connectivity index (χ0n) is 11.5. The summed E-state index contributed by atoms with van der Waals surface area (Å²) in [7, 11) is 1.46. The number of aryl methyl sites for hydroxylation is 2. The van der Waals surface area contributed by atoms with E-state index in [0.717, 1.165) is 18.4 Å². The average Bonchev–Trinajstić information content (AvgIpc) is 2.94. The fourth-order valence-electron chi connectivity index (χ4n) is 2.89. The van der Waals surface area contributed by atoms with Crippen molar-refractivity contribution in [2.45, 2.75) is 25.3 Å². The van der Waals surface area contributed by atoms with Crippen molar-refractivity contribution >= 4 is 0 Å². The highest BCUT2D eigenvalue weighted by Crippen LogP contribution is 2.30. The number of halogens is 1. The van der Waals surface area contributed by atoms with Gasteiger partial charge in [-0.3, -0.25) is 0 Å². The monoisotopic (exact) mass is 271 g/mol. The maximum atomic E-state index is 14.3.